The molecule has 1 heterocycles. The molecule has 0 aliphatic carbocycles. The van der Waals surface area contributed by atoms with Gasteiger partial charge in [-0.15, -0.1) is 0 Å². The van der Waals surface area contributed by atoms with Crippen LogP contribution in [0, 0.1) is 0 Å². The molecule has 0 atom stereocenters. The number of carbonyl (C=O) groups excluding carboxylic acids is 1. The zero-order chi connectivity index (χ0) is 14.5. The molecule has 0 aliphatic heterocycles. The molecule has 0 spiro atoms. The Morgan fingerprint density at radius 3 is 2.70 bits per heavy atom. The van der Waals surface area contributed by atoms with E-state index in [1.807, 2.05) is 0 Å². The molecule has 0 radical (unpaired) electrons. The van der Waals surface area contributed by atoms with Gasteiger partial charge in [-0.05, 0) is 24.3 Å². The highest BCUT2D eigenvalue weighted by molar-refractivity contribution is 6.31. The minimum Gasteiger partial charge on any atom is -0.496 e. The standard InChI is InChI=1S/C14H11Cl2NO3/c1-19-12-4-3-10(15)6-11(12)14(18)20-8-9-2-5-13(16)17-7-9/h2-7H,8H2,1H3. The minimum absolute atomic E-state index is 0.0959. The molecule has 1 aromatic carbocycles. The van der Waals surface area contributed by atoms with Crippen LogP contribution in [0.5, 0.6) is 5.75 Å². The first-order valence-electron chi connectivity index (χ1n) is 5.71. The number of pyridine rings is 1. The smallest absolute Gasteiger partial charge is 0.342 e. The van der Waals surface area contributed by atoms with Crippen LogP contribution in [-0.4, -0.2) is 18.1 Å². The molecule has 0 aliphatic rings. The van der Waals surface area contributed by atoms with Crippen molar-refractivity contribution in [3.05, 3.63) is 57.8 Å². The van der Waals surface area contributed by atoms with E-state index in [9.17, 15) is 4.79 Å². The number of methoxy groups -OCH3 is 1. The van der Waals surface area contributed by atoms with Crippen molar-refractivity contribution in [1.82, 2.24) is 4.98 Å². The topological polar surface area (TPSA) is 48.4 Å². The summed E-state index contributed by atoms with van der Waals surface area (Å²) in [5.74, 6) is -0.104. The molecule has 20 heavy (non-hydrogen) atoms. The van der Waals surface area contributed by atoms with Crippen molar-refractivity contribution >= 4 is 29.2 Å². The van der Waals surface area contributed by atoms with Gasteiger partial charge in [0.25, 0.3) is 0 Å². The summed E-state index contributed by atoms with van der Waals surface area (Å²) < 4.78 is 10.3. The molecule has 2 aromatic rings. The maximum Gasteiger partial charge on any atom is 0.342 e. The van der Waals surface area contributed by atoms with Gasteiger partial charge in [0.2, 0.25) is 0 Å². The predicted molar refractivity (Wildman–Crippen MR) is 76.4 cm³/mol. The second-order valence-corrected chi connectivity index (χ2v) is 4.73. The fourth-order valence-corrected chi connectivity index (χ4v) is 1.84. The third-order valence-electron chi connectivity index (χ3n) is 2.54. The molecule has 0 N–H and O–H groups in total. The molecule has 0 fully saturated rings. The molecular weight excluding hydrogens is 301 g/mol. The molecule has 6 heteroatoms. The van der Waals surface area contributed by atoms with Gasteiger partial charge in [0, 0.05) is 16.8 Å². The number of esters is 1. The Balaban J connectivity index is 2.08. The van der Waals surface area contributed by atoms with E-state index >= 15 is 0 Å². The van der Waals surface area contributed by atoms with E-state index in [1.165, 1.54) is 13.2 Å². The van der Waals surface area contributed by atoms with E-state index in [1.54, 1.807) is 30.5 Å². The van der Waals surface area contributed by atoms with E-state index in [4.69, 9.17) is 32.7 Å². The van der Waals surface area contributed by atoms with Crippen molar-refractivity contribution in [1.29, 1.82) is 0 Å². The maximum absolute atomic E-state index is 12.0. The first kappa shape index (κ1) is 14.6. The Hall–Kier alpha value is -1.78. The van der Waals surface area contributed by atoms with Gasteiger partial charge in [0.05, 0.1) is 7.11 Å². The van der Waals surface area contributed by atoms with Gasteiger partial charge in [0.1, 0.15) is 23.1 Å². The van der Waals surface area contributed by atoms with Crippen molar-refractivity contribution < 1.29 is 14.3 Å². The highest BCUT2D eigenvalue weighted by Crippen LogP contribution is 2.23. The van der Waals surface area contributed by atoms with E-state index in [0.717, 1.165) is 5.56 Å². The summed E-state index contributed by atoms with van der Waals surface area (Å²) >= 11 is 11.5. The number of carbonyl (C=O) groups is 1. The molecular formula is C14H11Cl2NO3. The number of benzene rings is 1. The second kappa shape index (κ2) is 6.59. The third kappa shape index (κ3) is 3.62. The zero-order valence-electron chi connectivity index (χ0n) is 10.6. The van der Waals surface area contributed by atoms with Gasteiger partial charge in [0.15, 0.2) is 0 Å². The van der Waals surface area contributed by atoms with E-state index in [2.05, 4.69) is 4.98 Å². The third-order valence-corrected chi connectivity index (χ3v) is 3.00. The van der Waals surface area contributed by atoms with Gasteiger partial charge in [-0.2, -0.15) is 0 Å². The minimum atomic E-state index is -0.515. The van der Waals surface area contributed by atoms with Crippen molar-refractivity contribution in [2.45, 2.75) is 6.61 Å². The van der Waals surface area contributed by atoms with Crippen molar-refractivity contribution in [3.8, 4) is 5.75 Å². The lowest BCUT2D eigenvalue weighted by Gasteiger charge is -2.09. The SMILES string of the molecule is COc1ccc(Cl)cc1C(=O)OCc1ccc(Cl)nc1. The molecule has 1 aromatic heterocycles. The molecule has 2 rings (SSSR count). The molecule has 0 amide bonds. The van der Waals surface area contributed by atoms with Gasteiger partial charge < -0.3 is 9.47 Å². The summed E-state index contributed by atoms with van der Waals surface area (Å²) in [6.07, 6.45) is 1.55. The van der Waals surface area contributed by atoms with Crippen LogP contribution in [0.4, 0.5) is 0 Å². The monoisotopic (exact) mass is 311 g/mol. The van der Waals surface area contributed by atoms with Crippen LogP contribution in [0.25, 0.3) is 0 Å². The molecule has 0 saturated carbocycles. The summed E-state index contributed by atoms with van der Waals surface area (Å²) in [4.78, 5) is 15.9. The Morgan fingerprint density at radius 2 is 2.05 bits per heavy atom. The van der Waals surface area contributed by atoms with Crippen molar-refractivity contribution in [2.75, 3.05) is 7.11 Å². The van der Waals surface area contributed by atoms with Crippen LogP contribution >= 0.6 is 23.2 Å². The lowest BCUT2D eigenvalue weighted by Crippen LogP contribution is -2.07. The summed E-state index contributed by atoms with van der Waals surface area (Å²) in [5, 5.41) is 0.822. The fourth-order valence-electron chi connectivity index (χ4n) is 1.56. The number of ether oxygens (including phenoxy) is 2. The normalized spacial score (nSPS) is 10.2. The zero-order valence-corrected chi connectivity index (χ0v) is 12.1. The first-order valence-corrected chi connectivity index (χ1v) is 6.47. The lowest BCUT2D eigenvalue weighted by atomic mass is 10.2. The lowest BCUT2D eigenvalue weighted by molar-refractivity contribution is 0.0468. The van der Waals surface area contributed by atoms with Gasteiger partial charge >= 0.3 is 5.97 Å². The number of hydrogen-bond acceptors (Lipinski definition) is 4. The second-order valence-electron chi connectivity index (χ2n) is 3.91. The van der Waals surface area contributed by atoms with Gasteiger partial charge in [-0.25, -0.2) is 9.78 Å². The van der Waals surface area contributed by atoms with Crippen LogP contribution in [0.1, 0.15) is 15.9 Å². The molecule has 0 unspecified atom stereocenters. The summed E-state index contributed by atoms with van der Waals surface area (Å²) in [6, 6.07) is 8.12. The first-order chi connectivity index (χ1) is 9.60. The highest BCUT2D eigenvalue weighted by atomic mass is 35.5. The highest BCUT2D eigenvalue weighted by Gasteiger charge is 2.14. The fraction of sp³-hybridized carbons (Fsp3) is 0.143. The quantitative estimate of drug-likeness (QED) is 0.637. The largest absolute Gasteiger partial charge is 0.496 e. The van der Waals surface area contributed by atoms with Gasteiger partial charge in [-0.1, -0.05) is 29.3 Å². The Morgan fingerprint density at radius 1 is 1.25 bits per heavy atom. The van der Waals surface area contributed by atoms with E-state index in [-0.39, 0.29) is 12.2 Å². The van der Waals surface area contributed by atoms with Crippen LogP contribution < -0.4 is 4.74 Å². The summed E-state index contributed by atoms with van der Waals surface area (Å²) in [7, 11) is 1.48. The average Bonchev–Trinajstić information content (AvgIpc) is 2.46. The number of nitrogens with zero attached hydrogens (tertiary/aromatic N) is 1. The van der Waals surface area contributed by atoms with Crippen molar-refractivity contribution in [2.24, 2.45) is 0 Å². The van der Waals surface area contributed by atoms with Crippen LogP contribution in [0.2, 0.25) is 10.2 Å². The van der Waals surface area contributed by atoms with Gasteiger partial charge in [-0.3, -0.25) is 0 Å². The average molecular weight is 312 g/mol. The molecule has 0 bridgehead atoms. The number of halogens is 2. The Bertz CT molecular complexity index is 614. The van der Waals surface area contributed by atoms with Crippen LogP contribution in [-0.2, 0) is 11.3 Å². The Labute approximate surface area is 126 Å². The number of rotatable bonds is 4. The van der Waals surface area contributed by atoms with E-state index in [0.29, 0.717) is 15.9 Å². The number of aromatic nitrogens is 1. The predicted octanol–water partition coefficient (Wildman–Crippen LogP) is 3.75. The van der Waals surface area contributed by atoms with Crippen LogP contribution in [0.15, 0.2) is 36.5 Å². The number of hydrogen-bond donors (Lipinski definition) is 0. The summed E-state index contributed by atoms with van der Waals surface area (Å²) in [6.45, 7) is 0.0959. The molecule has 0 saturated heterocycles. The van der Waals surface area contributed by atoms with Crippen molar-refractivity contribution in [3.63, 3.8) is 0 Å². The van der Waals surface area contributed by atoms with Crippen LogP contribution in [0.3, 0.4) is 0 Å². The van der Waals surface area contributed by atoms with E-state index < -0.39 is 5.97 Å². The Kier molecular flexibility index (Phi) is 4.82. The maximum atomic E-state index is 12.0. The molecule has 4 nitrogen and oxygen atoms in total. The summed E-state index contributed by atoms with van der Waals surface area (Å²) in [5.41, 5.74) is 1.02. The molecule has 104 valence electrons.